The van der Waals surface area contributed by atoms with Gasteiger partial charge in [0.1, 0.15) is 23.0 Å². The van der Waals surface area contributed by atoms with Crippen LogP contribution in [0.3, 0.4) is 0 Å². The highest BCUT2D eigenvalue weighted by Crippen LogP contribution is 2.65. The van der Waals surface area contributed by atoms with Crippen LogP contribution in [-0.2, 0) is 10.8 Å². The van der Waals surface area contributed by atoms with Crippen LogP contribution >= 0.6 is 0 Å². The molecule has 0 unspecified atom stereocenters. The van der Waals surface area contributed by atoms with Crippen molar-refractivity contribution in [2.45, 2.75) is 10.8 Å². The van der Waals surface area contributed by atoms with Crippen molar-refractivity contribution in [3.05, 3.63) is 457 Å². The minimum Gasteiger partial charge on any atom is -0.457 e. The van der Waals surface area contributed by atoms with E-state index in [0.717, 1.165) is 140 Å². The van der Waals surface area contributed by atoms with Crippen LogP contribution in [0.1, 0.15) is 44.5 Å². The van der Waals surface area contributed by atoms with Gasteiger partial charge in [-0.05, 0) is 188 Å². The minimum absolute atomic E-state index is 0.557. The molecule has 18 aromatic carbocycles. The van der Waals surface area contributed by atoms with Crippen molar-refractivity contribution in [1.29, 1.82) is 0 Å². The van der Waals surface area contributed by atoms with Crippen LogP contribution in [0.15, 0.2) is 413 Å². The Morgan fingerprint density at radius 1 is 0.150 bits per heavy atom. The third-order valence-corrected chi connectivity index (χ3v) is 24.9. The molecule has 20 aromatic rings. The summed E-state index contributed by atoms with van der Waals surface area (Å²) >= 11 is 0. The highest BCUT2D eigenvalue weighted by Gasteiger charge is 2.53. The highest BCUT2D eigenvalue weighted by atomic mass is 16.5. The number of hydrogen-bond acceptors (Lipinski definition) is 8. The molecule has 4 aliphatic rings. The molecule has 8 nitrogen and oxygen atoms in total. The van der Waals surface area contributed by atoms with E-state index in [0.29, 0.717) is 34.9 Å². The van der Waals surface area contributed by atoms with Crippen LogP contribution in [0.25, 0.3) is 168 Å². The van der Waals surface area contributed by atoms with Gasteiger partial charge in [-0.2, -0.15) is 0 Å². The van der Waals surface area contributed by atoms with Crippen molar-refractivity contribution in [3.63, 3.8) is 0 Å². The number of hydrogen-bond donors (Lipinski definition) is 0. The zero-order chi connectivity index (χ0) is 79.0. The molecule has 8 heteroatoms. The average Bonchev–Trinajstić information content (AvgIpc) is 1.51. The van der Waals surface area contributed by atoms with E-state index < -0.39 is 10.8 Å². The summed E-state index contributed by atoms with van der Waals surface area (Å²) in [4.78, 5) is 31.8. The van der Waals surface area contributed by atoms with Crippen molar-refractivity contribution in [1.82, 2.24) is 29.9 Å². The molecule has 0 saturated heterocycles. The van der Waals surface area contributed by atoms with Crippen molar-refractivity contribution in [2.75, 3.05) is 0 Å². The molecule has 558 valence electrons. The van der Waals surface area contributed by atoms with Crippen molar-refractivity contribution >= 4 is 21.5 Å². The normalized spacial score (nSPS) is 13.1. The Balaban J connectivity index is 0.580. The number of fused-ring (bicyclic) bond motifs is 21. The molecule has 0 radical (unpaired) electrons. The van der Waals surface area contributed by atoms with Crippen molar-refractivity contribution < 1.29 is 9.47 Å². The summed E-state index contributed by atoms with van der Waals surface area (Å²) in [5.41, 5.74) is 28.6. The Morgan fingerprint density at radius 3 is 0.917 bits per heavy atom. The van der Waals surface area contributed by atoms with E-state index in [1.807, 2.05) is 24.3 Å². The van der Waals surface area contributed by atoms with Crippen LogP contribution in [0, 0.1) is 0 Å². The average molecular weight is 1530 g/mol. The standard InChI is InChI=1S/C112H68N6O2/c1-3-24-69(25-4-1)72-29-20-35-82(61-72)107-115-108(117-109(116-107)85-38-23-34-77(64-85)79-53-57-98-103(67-79)119-101-49-18-17-48-97(101)111(98)93-44-13-9-40-89(93)90-41-10-14-45-94(90)111)83-36-21-32-75(62-83)73-30-19-31-74(60-73)78-55-59-102-100(66-78)112(95-46-15-11-42-91(95)92-43-12-16-47-96(92)112)99-58-54-80(68-104(99)120-102)76-33-22-37-84(63-76)106-113-105(71-27-5-2-6-28-71)114-110(118-106)86-52-56-88-81(65-86)51-50-70-26-7-8-39-87(70)88/h1-68H. The molecule has 2 aromatic heterocycles. The Labute approximate surface area is 693 Å². The molecule has 24 rings (SSSR count). The Hall–Kier alpha value is -15.9. The molecule has 0 atom stereocenters. The lowest BCUT2D eigenvalue weighted by molar-refractivity contribution is 0.436. The number of benzene rings is 18. The number of aromatic nitrogens is 6. The van der Waals surface area contributed by atoms with Crippen LogP contribution in [-0.4, -0.2) is 29.9 Å². The molecule has 4 heterocycles. The molecular weight excluding hydrogens is 1460 g/mol. The van der Waals surface area contributed by atoms with Crippen LogP contribution in [0.5, 0.6) is 23.0 Å². The molecule has 0 saturated carbocycles. The second-order valence-electron chi connectivity index (χ2n) is 31.5. The first-order chi connectivity index (χ1) is 59.4. The highest BCUT2D eigenvalue weighted by molar-refractivity contribution is 6.08. The van der Waals surface area contributed by atoms with Crippen LogP contribution in [0.2, 0.25) is 0 Å². The summed E-state index contributed by atoms with van der Waals surface area (Å²) in [6.07, 6.45) is 0. The van der Waals surface area contributed by atoms with Gasteiger partial charge in [0.25, 0.3) is 0 Å². The summed E-state index contributed by atoms with van der Waals surface area (Å²) in [6, 6.07) is 147. The van der Waals surface area contributed by atoms with E-state index in [1.165, 1.54) is 60.7 Å². The smallest absolute Gasteiger partial charge is 0.164 e. The van der Waals surface area contributed by atoms with Crippen LogP contribution in [0.4, 0.5) is 0 Å². The zero-order valence-corrected chi connectivity index (χ0v) is 64.8. The van der Waals surface area contributed by atoms with Gasteiger partial charge >= 0.3 is 0 Å². The van der Waals surface area contributed by atoms with Gasteiger partial charge in [0.15, 0.2) is 34.9 Å². The maximum atomic E-state index is 7.33. The van der Waals surface area contributed by atoms with Gasteiger partial charge < -0.3 is 9.47 Å². The second kappa shape index (κ2) is 27.4. The molecule has 0 fully saturated rings. The summed E-state index contributed by atoms with van der Waals surface area (Å²) in [5, 5.41) is 4.73. The monoisotopic (exact) mass is 1530 g/mol. The van der Waals surface area contributed by atoms with E-state index in [-0.39, 0.29) is 0 Å². The third kappa shape index (κ3) is 10.9. The fourth-order valence-electron chi connectivity index (χ4n) is 19.4. The second-order valence-corrected chi connectivity index (χ2v) is 31.5. The van der Waals surface area contributed by atoms with Crippen molar-refractivity contribution in [3.8, 4) is 169 Å². The summed E-state index contributed by atoms with van der Waals surface area (Å²) in [5.74, 6) is 6.74. The van der Waals surface area contributed by atoms with Gasteiger partial charge in [0, 0.05) is 55.6 Å². The van der Waals surface area contributed by atoms with E-state index in [1.54, 1.807) is 0 Å². The topological polar surface area (TPSA) is 95.8 Å². The molecular formula is C112H68N6O2. The lowest BCUT2D eigenvalue weighted by atomic mass is 9.65. The predicted molar refractivity (Wildman–Crippen MR) is 483 cm³/mol. The maximum Gasteiger partial charge on any atom is 0.164 e. The predicted octanol–water partition coefficient (Wildman–Crippen LogP) is 27.6. The molecule has 0 N–H and O–H groups in total. The first-order valence-electron chi connectivity index (χ1n) is 40.8. The number of ether oxygens (including phenoxy) is 2. The Bertz CT molecular complexity index is 7550. The van der Waals surface area contributed by atoms with E-state index in [2.05, 4.69) is 388 Å². The molecule has 120 heavy (non-hydrogen) atoms. The first-order valence-corrected chi connectivity index (χ1v) is 40.8. The minimum atomic E-state index is -0.736. The number of rotatable bonds is 11. The van der Waals surface area contributed by atoms with E-state index in [4.69, 9.17) is 39.4 Å². The molecule has 2 aliphatic heterocycles. The van der Waals surface area contributed by atoms with Gasteiger partial charge in [0.2, 0.25) is 0 Å². The lowest BCUT2D eigenvalue weighted by Crippen LogP contribution is -2.32. The molecule has 0 bridgehead atoms. The Morgan fingerprint density at radius 2 is 0.442 bits per heavy atom. The quantitative estimate of drug-likeness (QED) is 0.118. The van der Waals surface area contributed by atoms with Gasteiger partial charge in [-0.15, -0.1) is 0 Å². The number of nitrogens with zero attached hydrogens (tertiary/aromatic N) is 6. The van der Waals surface area contributed by atoms with Crippen LogP contribution < -0.4 is 9.47 Å². The van der Waals surface area contributed by atoms with Gasteiger partial charge in [0.05, 0.1) is 10.8 Å². The van der Waals surface area contributed by atoms with Crippen molar-refractivity contribution in [2.24, 2.45) is 0 Å². The number of para-hydroxylation sites is 1. The van der Waals surface area contributed by atoms with E-state index in [9.17, 15) is 0 Å². The first kappa shape index (κ1) is 68.5. The zero-order valence-electron chi connectivity index (χ0n) is 64.8. The summed E-state index contributed by atoms with van der Waals surface area (Å²) in [6.45, 7) is 0. The summed E-state index contributed by atoms with van der Waals surface area (Å²) in [7, 11) is 0. The SMILES string of the molecule is c1ccc(-c2cccc(-c3nc(-c4cccc(-c5cccc(-c6ccc7c(c6)C6(c8ccc(-c9cccc(-c%10nc(-c%11ccccc%11)nc(-c%11ccc%12c(ccc%13ccccc%13%12)c%11)n%10)c9)cc8O7)c7ccccc7-c7ccccc76)c5)c4)nc(-c4cccc(-c5ccc6c(c5)Oc5ccccc5C65c6ccccc6-c6ccccc65)c4)n3)c2)cc1. The van der Waals surface area contributed by atoms with E-state index >= 15 is 0 Å². The van der Waals surface area contributed by atoms with Gasteiger partial charge in [-0.3, -0.25) is 0 Å². The molecule has 2 aliphatic carbocycles. The third-order valence-electron chi connectivity index (χ3n) is 24.9. The maximum absolute atomic E-state index is 7.33. The largest absolute Gasteiger partial charge is 0.457 e. The molecule has 0 amide bonds. The summed E-state index contributed by atoms with van der Waals surface area (Å²) < 4.78 is 14.3. The van der Waals surface area contributed by atoms with Gasteiger partial charge in [-0.1, -0.05) is 346 Å². The Kier molecular flexibility index (Phi) is 15.6. The molecule has 2 spiro atoms. The fourth-order valence-corrected chi connectivity index (χ4v) is 19.4. The van der Waals surface area contributed by atoms with Gasteiger partial charge in [-0.25, -0.2) is 29.9 Å². The lowest BCUT2D eigenvalue weighted by Gasteiger charge is -2.40. The fraction of sp³-hybridized carbons (Fsp3) is 0.0179.